The van der Waals surface area contributed by atoms with E-state index in [1.807, 2.05) is 20.8 Å². The molecule has 0 spiro atoms. The van der Waals surface area contributed by atoms with Gasteiger partial charge in [-0.15, -0.1) is 0 Å². The van der Waals surface area contributed by atoms with Crippen LogP contribution in [0.25, 0.3) is 0 Å². The topological polar surface area (TPSA) is 38.3 Å². The Bertz CT molecular complexity index is 455. The predicted molar refractivity (Wildman–Crippen MR) is 74.9 cm³/mol. The van der Waals surface area contributed by atoms with Gasteiger partial charge in [0.05, 0.1) is 15.1 Å². The number of benzene rings is 1. The summed E-state index contributed by atoms with van der Waals surface area (Å²) in [5.41, 5.74) is -0.304. The number of hydrogen-bond donors (Lipinski definition) is 1. The summed E-state index contributed by atoms with van der Waals surface area (Å²) in [6, 6.07) is 2.96. The van der Waals surface area contributed by atoms with Crippen molar-refractivity contribution in [3.63, 3.8) is 0 Å². The zero-order valence-corrected chi connectivity index (χ0v) is 12.6. The monoisotopic (exact) mass is 309 g/mol. The van der Waals surface area contributed by atoms with Crippen molar-refractivity contribution in [3.8, 4) is 5.75 Å². The molecule has 100 valence electrons. The second-order valence-corrected chi connectivity index (χ2v) is 6.01. The van der Waals surface area contributed by atoms with E-state index in [2.05, 4.69) is 5.32 Å². The molecule has 1 N–H and O–H groups in total. The van der Waals surface area contributed by atoms with Crippen LogP contribution in [-0.2, 0) is 4.79 Å². The molecule has 0 radical (unpaired) electrons. The highest BCUT2D eigenvalue weighted by atomic mass is 35.5. The zero-order chi connectivity index (χ0) is 13.9. The number of halogens is 3. The van der Waals surface area contributed by atoms with E-state index in [0.717, 1.165) is 0 Å². The first-order valence-electron chi connectivity index (χ1n) is 5.27. The molecule has 1 rings (SSSR count). The van der Waals surface area contributed by atoms with Crippen molar-refractivity contribution in [2.24, 2.45) is 0 Å². The average molecular weight is 311 g/mol. The number of carbonyl (C=O) groups excluding carboxylic acids is 1. The smallest absolute Gasteiger partial charge is 0.258 e. The Labute approximate surface area is 121 Å². The highest BCUT2D eigenvalue weighted by Crippen LogP contribution is 2.33. The van der Waals surface area contributed by atoms with Gasteiger partial charge in [0.1, 0.15) is 5.75 Å². The second-order valence-electron chi connectivity index (χ2n) is 4.78. The minimum absolute atomic E-state index is 0.130. The molecule has 0 atom stereocenters. The number of amides is 1. The Morgan fingerprint density at radius 3 is 2.28 bits per heavy atom. The van der Waals surface area contributed by atoms with Crippen molar-refractivity contribution in [2.75, 3.05) is 6.61 Å². The molecule has 0 aromatic heterocycles. The van der Waals surface area contributed by atoms with E-state index in [9.17, 15) is 4.79 Å². The van der Waals surface area contributed by atoms with Crippen molar-refractivity contribution in [1.82, 2.24) is 5.32 Å². The van der Waals surface area contributed by atoms with E-state index in [0.29, 0.717) is 20.8 Å². The molecular weight excluding hydrogens is 296 g/mol. The minimum Gasteiger partial charge on any atom is -0.482 e. The molecule has 6 heteroatoms. The molecule has 0 heterocycles. The molecule has 0 aliphatic heterocycles. The van der Waals surface area contributed by atoms with E-state index < -0.39 is 0 Å². The first-order valence-corrected chi connectivity index (χ1v) is 6.41. The largest absolute Gasteiger partial charge is 0.482 e. The van der Waals surface area contributed by atoms with E-state index in [-0.39, 0.29) is 18.1 Å². The summed E-state index contributed by atoms with van der Waals surface area (Å²) in [7, 11) is 0. The summed E-state index contributed by atoms with van der Waals surface area (Å²) < 4.78 is 5.29. The number of hydrogen-bond acceptors (Lipinski definition) is 2. The summed E-state index contributed by atoms with van der Waals surface area (Å²) in [4.78, 5) is 11.6. The summed E-state index contributed by atoms with van der Waals surface area (Å²) in [6.45, 7) is 5.53. The molecule has 1 amide bonds. The predicted octanol–water partition coefficient (Wildman–Crippen LogP) is 3.94. The highest BCUT2D eigenvalue weighted by Gasteiger charge is 2.15. The van der Waals surface area contributed by atoms with Gasteiger partial charge in [0.25, 0.3) is 5.91 Å². The fraction of sp³-hybridized carbons (Fsp3) is 0.417. The fourth-order valence-electron chi connectivity index (χ4n) is 1.21. The first-order chi connectivity index (χ1) is 8.19. The van der Waals surface area contributed by atoms with E-state index in [1.54, 1.807) is 0 Å². The standard InChI is InChI=1S/C12H14Cl3NO2/c1-12(2,3)16-11(17)6-18-10-5-8(14)7(13)4-9(10)15/h4-5H,6H2,1-3H3,(H,16,17). The van der Waals surface area contributed by atoms with E-state index in [4.69, 9.17) is 39.5 Å². The van der Waals surface area contributed by atoms with Crippen LogP contribution in [0.5, 0.6) is 5.75 Å². The van der Waals surface area contributed by atoms with Crippen LogP contribution < -0.4 is 10.1 Å². The van der Waals surface area contributed by atoms with Crippen LogP contribution in [0.2, 0.25) is 15.1 Å². The van der Waals surface area contributed by atoms with Crippen LogP contribution in [0.3, 0.4) is 0 Å². The van der Waals surface area contributed by atoms with Gasteiger partial charge >= 0.3 is 0 Å². The molecule has 0 fully saturated rings. The molecule has 1 aromatic carbocycles. The second kappa shape index (κ2) is 6.00. The lowest BCUT2D eigenvalue weighted by atomic mass is 10.1. The Kier molecular flexibility index (Phi) is 5.14. The quantitative estimate of drug-likeness (QED) is 0.859. The maximum Gasteiger partial charge on any atom is 0.258 e. The first kappa shape index (κ1) is 15.4. The van der Waals surface area contributed by atoms with Crippen LogP contribution in [-0.4, -0.2) is 18.1 Å². The fourth-order valence-corrected chi connectivity index (χ4v) is 1.80. The van der Waals surface area contributed by atoms with Crippen molar-refractivity contribution in [3.05, 3.63) is 27.2 Å². The van der Waals surface area contributed by atoms with Gasteiger partial charge in [0.15, 0.2) is 6.61 Å². The lowest BCUT2D eigenvalue weighted by Crippen LogP contribution is -2.43. The third-order valence-electron chi connectivity index (χ3n) is 1.85. The average Bonchev–Trinajstić information content (AvgIpc) is 2.19. The molecule has 1 aromatic rings. The minimum atomic E-state index is -0.304. The molecular formula is C12H14Cl3NO2. The number of carbonyl (C=O) groups is 1. The Morgan fingerprint density at radius 2 is 1.72 bits per heavy atom. The molecule has 0 saturated carbocycles. The van der Waals surface area contributed by atoms with E-state index in [1.165, 1.54) is 12.1 Å². The lowest BCUT2D eigenvalue weighted by molar-refractivity contribution is -0.124. The summed E-state index contributed by atoms with van der Waals surface area (Å²) >= 11 is 17.5. The van der Waals surface area contributed by atoms with Crippen LogP contribution in [0.4, 0.5) is 0 Å². The normalized spacial score (nSPS) is 11.2. The van der Waals surface area contributed by atoms with Gasteiger partial charge in [0, 0.05) is 11.6 Å². The molecule has 0 bridgehead atoms. The van der Waals surface area contributed by atoms with Crippen LogP contribution in [0, 0.1) is 0 Å². The van der Waals surface area contributed by atoms with Crippen molar-refractivity contribution in [2.45, 2.75) is 26.3 Å². The van der Waals surface area contributed by atoms with Gasteiger partial charge in [-0.05, 0) is 26.8 Å². The Hall–Kier alpha value is -0.640. The third kappa shape index (κ3) is 4.92. The van der Waals surface area contributed by atoms with Crippen molar-refractivity contribution < 1.29 is 9.53 Å². The van der Waals surface area contributed by atoms with Crippen LogP contribution in [0.15, 0.2) is 12.1 Å². The molecule has 0 unspecified atom stereocenters. The molecule has 18 heavy (non-hydrogen) atoms. The maximum absolute atomic E-state index is 11.6. The lowest BCUT2D eigenvalue weighted by Gasteiger charge is -2.20. The summed E-state index contributed by atoms with van der Waals surface area (Å²) in [5, 5.41) is 3.75. The van der Waals surface area contributed by atoms with Crippen molar-refractivity contribution in [1.29, 1.82) is 0 Å². The van der Waals surface area contributed by atoms with Crippen LogP contribution in [0.1, 0.15) is 20.8 Å². The zero-order valence-electron chi connectivity index (χ0n) is 10.3. The van der Waals surface area contributed by atoms with Gasteiger partial charge in [-0.1, -0.05) is 34.8 Å². The van der Waals surface area contributed by atoms with Gasteiger partial charge in [0.2, 0.25) is 0 Å². The van der Waals surface area contributed by atoms with Gasteiger partial charge in [-0.25, -0.2) is 0 Å². The summed E-state index contributed by atoms with van der Waals surface area (Å²) in [5.74, 6) is 0.0970. The van der Waals surface area contributed by atoms with Gasteiger partial charge in [-0.3, -0.25) is 4.79 Å². The van der Waals surface area contributed by atoms with Crippen molar-refractivity contribution >= 4 is 40.7 Å². The molecule has 3 nitrogen and oxygen atoms in total. The van der Waals surface area contributed by atoms with Gasteiger partial charge in [-0.2, -0.15) is 0 Å². The molecule has 0 aliphatic carbocycles. The summed E-state index contributed by atoms with van der Waals surface area (Å²) in [6.07, 6.45) is 0. The highest BCUT2D eigenvalue weighted by molar-refractivity contribution is 6.43. The maximum atomic E-state index is 11.6. The van der Waals surface area contributed by atoms with Gasteiger partial charge < -0.3 is 10.1 Å². The van der Waals surface area contributed by atoms with E-state index >= 15 is 0 Å². The molecule has 0 aliphatic rings. The number of ether oxygens (including phenoxy) is 1. The number of nitrogens with one attached hydrogen (secondary N) is 1. The third-order valence-corrected chi connectivity index (χ3v) is 2.87. The van der Waals surface area contributed by atoms with Crippen LogP contribution >= 0.6 is 34.8 Å². The SMILES string of the molecule is CC(C)(C)NC(=O)COc1cc(Cl)c(Cl)cc1Cl. The number of rotatable bonds is 3. The Balaban J connectivity index is 2.64. The Morgan fingerprint density at radius 1 is 1.17 bits per heavy atom. The molecule has 0 saturated heterocycles.